The van der Waals surface area contributed by atoms with Gasteiger partial charge in [0, 0.05) is 25.6 Å². The Morgan fingerprint density at radius 3 is 2.59 bits per heavy atom. The molecule has 2 N–H and O–H groups in total. The van der Waals surface area contributed by atoms with Crippen LogP contribution in [0.5, 0.6) is 0 Å². The fraction of sp³-hybridized carbons (Fsp3) is 0.966. The Kier molecular flexibility index (Phi) is 8.06. The van der Waals surface area contributed by atoms with Gasteiger partial charge in [0.15, 0.2) is 0 Å². The van der Waals surface area contributed by atoms with Crippen LogP contribution in [-0.4, -0.2) is 62.4 Å². The van der Waals surface area contributed by atoms with Crippen molar-refractivity contribution in [2.45, 2.75) is 97.1 Å². The van der Waals surface area contributed by atoms with Crippen LogP contribution in [0.25, 0.3) is 0 Å². The summed E-state index contributed by atoms with van der Waals surface area (Å²) >= 11 is 0. The summed E-state index contributed by atoms with van der Waals surface area (Å²) < 4.78 is 4.89. The number of rotatable bonds is 8. The predicted molar refractivity (Wildman–Crippen MR) is 137 cm³/mol. The molecule has 0 spiro atoms. The molecule has 0 radical (unpaired) electrons. The van der Waals surface area contributed by atoms with Crippen molar-refractivity contribution in [3.05, 3.63) is 0 Å². The molecule has 0 aromatic rings. The van der Waals surface area contributed by atoms with E-state index in [1.165, 1.54) is 52.1 Å². The maximum Gasteiger partial charge on any atom is 0.305 e. The maximum absolute atomic E-state index is 11.7. The summed E-state index contributed by atoms with van der Waals surface area (Å²) in [4.78, 5) is 14.0. The first-order valence-corrected chi connectivity index (χ1v) is 14.2. The number of nitrogens with one attached hydrogen (secondary N) is 1. The highest BCUT2D eigenvalue weighted by Gasteiger charge is 2.63. The molecule has 34 heavy (non-hydrogen) atoms. The number of methoxy groups -OCH3 is 1. The van der Waals surface area contributed by atoms with Gasteiger partial charge < -0.3 is 20.1 Å². The average Bonchev–Trinajstić information content (AvgIpc) is 3.16. The minimum Gasteiger partial charge on any atom is -0.469 e. The fourth-order valence-corrected chi connectivity index (χ4v) is 9.51. The van der Waals surface area contributed by atoms with E-state index in [9.17, 15) is 9.90 Å². The summed E-state index contributed by atoms with van der Waals surface area (Å²) in [5.41, 5.74) is 0.393. The van der Waals surface area contributed by atoms with Crippen LogP contribution >= 0.6 is 0 Å². The smallest absolute Gasteiger partial charge is 0.305 e. The molecule has 4 fully saturated rings. The molecule has 0 aliphatic heterocycles. The van der Waals surface area contributed by atoms with E-state index in [0.717, 1.165) is 37.8 Å². The van der Waals surface area contributed by atoms with Gasteiger partial charge in [0.1, 0.15) is 0 Å². The number of carbonyl (C=O) groups is 1. The van der Waals surface area contributed by atoms with E-state index in [-0.39, 0.29) is 17.5 Å². The Morgan fingerprint density at radius 1 is 1.12 bits per heavy atom. The Bertz CT molecular complexity index is 713. The van der Waals surface area contributed by atoms with Gasteiger partial charge in [0.2, 0.25) is 0 Å². The topological polar surface area (TPSA) is 61.8 Å². The minimum absolute atomic E-state index is 0.00480. The quantitative estimate of drug-likeness (QED) is 0.496. The van der Waals surface area contributed by atoms with Crippen molar-refractivity contribution in [3.8, 4) is 0 Å². The number of ether oxygens (including phenoxy) is 1. The molecule has 4 rings (SSSR count). The molecule has 5 heteroatoms. The minimum atomic E-state index is -0.210. The number of likely N-dealkylation sites (N-methyl/N-ethyl adjacent to an activating group) is 1. The number of hydrogen-bond donors (Lipinski definition) is 2. The lowest BCUT2D eigenvalue weighted by molar-refractivity contribution is -0.170. The van der Waals surface area contributed by atoms with Crippen LogP contribution in [0.2, 0.25) is 0 Å². The third kappa shape index (κ3) is 4.70. The Balaban J connectivity index is 1.43. The normalized spacial score (nSPS) is 44.8. The summed E-state index contributed by atoms with van der Waals surface area (Å²) in [6, 6.07) is 0.667. The molecular formula is C29H52N2O3. The van der Waals surface area contributed by atoms with E-state index >= 15 is 0 Å². The first-order chi connectivity index (χ1) is 16.1. The second kappa shape index (κ2) is 10.4. The van der Waals surface area contributed by atoms with Crippen LogP contribution in [0, 0.1) is 46.3 Å². The summed E-state index contributed by atoms with van der Waals surface area (Å²) in [6.07, 6.45) is 11.3. The predicted octanol–water partition coefficient (Wildman–Crippen LogP) is 4.73. The zero-order chi connectivity index (χ0) is 24.7. The van der Waals surface area contributed by atoms with Gasteiger partial charge in [-0.15, -0.1) is 0 Å². The van der Waals surface area contributed by atoms with Gasteiger partial charge >= 0.3 is 5.97 Å². The second-order valence-corrected chi connectivity index (χ2v) is 13.3. The van der Waals surface area contributed by atoms with E-state index < -0.39 is 0 Å². The van der Waals surface area contributed by atoms with Crippen LogP contribution in [0.1, 0.15) is 85.0 Å². The summed E-state index contributed by atoms with van der Waals surface area (Å²) in [5.74, 6) is 3.74. The van der Waals surface area contributed by atoms with Crippen molar-refractivity contribution in [1.29, 1.82) is 0 Å². The van der Waals surface area contributed by atoms with Crippen LogP contribution in [-0.2, 0) is 9.53 Å². The number of fused-ring (bicyclic) bond motifs is 5. The second-order valence-electron chi connectivity index (χ2n) is 13.3. The van der Waals surface area contributed by atoms with Crippen molar-refractivity contribution < 1.29 is 14.6 Å². The van der Waals surface area contributed by atoms with E-state index in [1.807, 2.05) is 0 Å². The lowest BCUT2D eigenvalue weighted by Crippen LogP contribution is -2.59. The van der Waals surface area contributed by atoms with Gasteiger partial charge in [0.25, 0.3) is 0 Å². The molecule has 0 aromatic heterocycles. The first kappa shape index (κ1) is 26.4. The molecule has 8 unspecified atom stereocenters. The first-order valence-electron chi connectivity index (χ1n) is 14.2. The standard InChI is InChI=1S/C29H52N2O3/c1-19(7-12-27(33)34-6)23-10-11-24-22-9-8-20-17-21(30-15-16-31(4)5)13-14-28(20,2)25(22)18-26(32)29(23,24)3/h19-26,30,32H,7-18H2,1-6H3/t19?,20?,21?,22?,23?,24?,25?,26-,28?,29-/m0/s1. The SMILES string of the molecule is COC(=O)CCC(C)C1CCC2C3CCC4CC(NCCN(C)C)CCC4(C)C3C[C@H](O)[C@@]12C. The van der Waals surface area contributed by atoms with Crippen molar-refractivity contribution in [3.63, 3.8) is 0 Å². The third-order valence-electron chi connectivity index (χ3n) is 11.6. The number of hydrogen-bond acceptors (Lipinski definition) is 5. The van der Waals surface area contributed by atoms with E-state index in [1.54, 1.807) is 0 Å². The molecule has 4 saturated carbocycles. The third-order valence-corrected chi connectivity index (χ3v) is 11.6. The molecule has 0 bridgehead atoms. The Labute approximate surface area is 208 Å². The molecule has 4 aliphatic rings. The van der Waals surface area contributed by atoms with Crippen LogP contribution in [0.4, 0.5) is 0 Å². The number of aliphatic hydroxyl groups is 1. The van der Waals surface area contributed by atoms with E-state index in [0.29, 0.717) is 41.5 Å². The zero-order valence-electron chi connectivity index (χ0n) is 22.8. The largest absolute Gasteiger partial charge is 0.469 e. The molecular weight excluding hydrogens is 424 g/mol. The van der Waals surface area contributed by atoms with Gasteiger partial charge in [-0.2, -0.15) is 0 Å². The van der Waals surface area contributed by atoms with Crippen molar-refractivity contribution in [2.75, 3.05) is 34.3 Å². The lowest BCUT2D eigenvalue weighted by Gasteiger charge is -2.62. The van der Waals surface area contributed by atoms with Gasteiger partial charge in [-0.1, -0.05) is 20.8 Å². The number of carbonyl (C=O) groups excluding carboxylic acids is 1. The van der Waals surface area contributed by atoms with Crippen LogP contribution in [0.15, 0.2) is 0 Å². The summed E-state index contributed by atoms with van der Waals surface area (Å²) in [5, 5.41) is 15.6. The average molecular weight is 477 g/mol. The Morgan fingerprint density at radius 2 is 1.88 bits per heavy atom. The van der Waals surface area contributed by atoms with Gasteiger partial charge in [0.05, 0.1) is 13.2 Å². The molecule has 4 aliphatic carbocycles. The van der Waals surface area contributed by atoms with Crippen molar-refractivity contribution in [2.24, 2.45) is 46.3 Å². The highest BCUT2D eigenvalue weighted by molar-refractivity contribution is 5.69. The zero-order valence-corrected chi connectivity index (χ0v) is 22.8. The van der Waals surface area contributed by atoms with Gasteiger partial charge in [-0.05, 0) is 118 Å². The molecule has 10 atom stereocenters. The van der Waals surface area contributed by atoms with Crippen LogP contribution < -0.4 is 5.32 Å². The number of nitrogens with zero attached hydrogens (tertiary/aromatic N) is 1. The number of aliphatic hydroxyl groups excluding tert-OH is 1. The highest BCUT2D eigenvalue weighted by Crippen LogP contribution is 2.68. The maximum atomic E-state index is 11.7. The van der Waals surface area contributed by atoms with Crippen LogP contribution in [0.3, 0.4) is 0 Å². The lowest BCUT2D eigenvalue weighted by atomic mass is 9.43. The monoisotopic (exact) mass is 476 g/mol. The molecule has 196 valence electrons. The summed E-state index contributed by atoms with van der Waals surface area (Å²) in [6.45, 7) is 9.50. The highest BCUT2D eigenvalue weighted by atomic mass is 16.5. The molecule has 0 saturated heterocycles. The van der Waals surface area contributed by atoms with Crippen molar-refractivity contribution in [1.82, 2.24) is 10.2 Å². The van der Waals surface area contributed by atoms with Crippen molar-refractivity contribution >= 4 is 5.97 Å². The molecule has 0 heterocycles. The summed E-state index contributed by atoms with van der Waals surface area (Å²) in [7, 11) is 5.78. The van der Waals surface area contributed by atoms with Gasteiger partial charge in [-0.3, -0.25) is 4.79 Å². The van der Waals surface area contributed by atoms with Gasteiger partial charge in [-0.25, -0.2) is 0 Å². The fourth-order valence-electron chi connectivity index (χ4n) is 9.51. The molecule has 5 nitrogen and oxygen atoms in total. The number of esters is 1. The van der Waals surface area contributed by atoms with E-state index in [2.05, 4.69) is 45.1 Å². The molecule has 0 amide bonds. The van der Waals surface area contributed by atoms with E-state index in [4.69, 9.17) is 4.74 Å². The Hall–Kier alpha value is -0.650. The molecule has 0 aromatic carbocycles.